The van der Waals surface area contributed by atoms with Crippen molar-refractivity contribution in [2.45, 2.75) is 44.8 Å². The second-order valence-corrected chi connectivity index (χ2v) is 6.61. The Morgan fingerprint density at radius 1 is 1.50 bits per heavy atom. The van der Waals surface area contributed by atoms with Gasteiger partial charge in [-0.25, -0.2) is 0 Å². The molecular formula is C13H23NO3S. The fourth-order valence-electron chi connectivity index (χ4n) is 2.58. The molecule has 1 unspecified atom stereocenters. The molecule has 0 radical (unpaired) electrons. The molecule has 1 amide bonds. The number of aliphatic hydroxyl groups excluding tert-OH is 1. The maximum Gasteiger partial charge on any atom is 0.223 e. The maximum atomic E-state index is 12.3. The van der Waals surface area contributed by atoms with Crippen molar-refractivity contribution in [2.24, 2.45) is 5.41 Å². The number of morpholine rings is 1. The van der Waals surface area contributed by atoms with Crippen LogP contribution in [0.5, 0.6) is 0 Å². The predicted molar refractivity (Wildman–Crippen MR) is 72.8 cm³/mol. The number of aliphatic hydroxyl groups is 1. The van der Waals surface area contributed by atoms with Crippen LogP contribution >= 0.6 is 12.6 Å². The molecule has 4 nitrogen and oxygen atoms in total. The van der Waals surface area contributed by atoms with Gasteiger partial charge in [-0.3, -0.25) is 4.79 Å². The van der Waals surface area contributed by atoms with E-state index < -0.39 is 0 Å². The molecule has 0 aromatic rings. The first-order chi connectivity index (χ1) is 8.40. The number of rotatable bonds is 4. The van der Waals surface area contributed by atoms with E-state index in [2.05, 4.69) is 12.6 Å². The smallest absolute Gasteiger partial charge is 0.223 e. The number of ether oxygens (including phenoxy) is 1. The van der Waals surface area contributed by atoms with E-state index in [1.165, 1.54) is 0 Å². The molecule has 2 rings (SSSR count). The third kappa shape index (κ3) is 3.19. The van der Waals surface area contributed by atoms with Gasteiger partial charge in [-0.1, -0.05) is 0 Å². The highest BCUT2D eigenvalue weighted by molar-refractivity contribution is 7.80. The average molecular weight is 273 g/mol. The average Bonchev–Trinajstić information content (AvgIpc) is 3.07. The predicted octanol–water partition coefficient (Wildman–Crippen LogP) is 1.08. The van der Waals surface area contributed by atoms with Crippen molar-refractivity contribution in [3.8, 4) is 0 Å². The molecule has 0 aromatic heterocycles. The van der Waals surface area contributed by atoms with Crippen molar-refractivity contribution >= 4 is 18.5 Å². The van der Waals surface area contributed by atoms with Crippen LogP contribution in [0.4, 0.5) is 0 Å². The summed E-state index contributed by atoms with van der Waals surface area (Å²) in [5, 5.41) is 9.24. The summed E-state index contributed by atoms with van der Waals surface area (Å²) in [4.78, 5) is 14.2. The zero-order valence-electron chi connectivity index (χ0n) is 11.2. The number of thiol groups is 1. The quantitative estimate of drug-likeness (QED) is 0.754. The Labute approximate surface area is 114 Å². The van der Waals surface area contributed by atoms with Crippen LogP contribution in [0.1, 0.15) is 33.1 Å². The Balaban J connectivity index is 1.96. The van der Waals surface area contributed by atoms with Gasteiger partial charge in [-0.05, 0) is 37.9 Å². The van der Waals surface area contributed by atoms with Gasteiger partial charge >= 0.3 is 0 Å². The Morgan fingerprint density at radius 3 is 2.67 bits per heavy atom. The van der Waals surface area contributed by atoms with Gasteiger partial charge in [0.05, 0.1) is 18.3 Å². The molecule has 104 valence electrons. The largest absolute Gasteiger partial charge is 0.394 e. The van der Waals surface area contributed by atoms with Gasteiger partial charge in [0.1, 0.15) is 0 Å². The second kappa shape index (κ2) is 5.02. The molecule has 2 fully saturated rings. The first-order valence-corrected chi connectivity index (χ1v) is 7.20. The molecule has 1 aliphatic carbocycles. The number of carbonyl (C=O) groups is 1. The van der Waals surface area contributed by atoms with Crippen LogP contribution in [-0.2, 0) is 9.53 Å². The van der Waals surface area contributed by atoms with Crippen molar-refractivity contribution < 1.29 is 14.6 Å². The van der Waals surface area contributed by atoms with Crippen LogP contribution in [0, 0.1) is 5.41 Å². The third-order valence-electron chi connectivity index (χ3n) is 3.86. The lowest BCUT2D eigenvalue weighted by atomic mass is 10.0. The lowest BCUT2D eigenvalue weighted by molar-refractivity contribution is -0.167. The van der Waals surface area contributed by atoms with Gasteiger partial charge in [0.2, 0.25) is 5.91 Å². The molecule has 5 heteroatoms. The fraction of sp³-hybridized carbons (Fsp3) is 0.923. The molecule has 2 aliphatic rings. The molecule has 0 bridgehead atoms. The third-order valence-corrected chi connectivity index (χ3v) is 4.53. The van der Waals surface area contributed by atoms with Crippen LogP contribution in [0.25, 0.3) is 0 Å². The number of amides is 1. The summed E-state index contributed by atoms with van der Waals surface area (Å²) in [7, 11) is 0. The molecule has 1 atom stereocenters. The minimum atomic E-state index is -0.376. The first kappa shape index (κ1) is 14.2. The lowest BCUT2D eigenvalue weighted by Crippen LogP contribution is -2.55. The summed E-state index contributed by atoms with van der Waals surface area (Å²) >= 11 is 4.34. The molecule has 1 N–H and O–H groups in total. The van der Waals surface area contributed by atoms with Gasteiger partial charge in [-0.15, -0.1) is 0 Å². The highest BCUT2D eigenvalue weighted by atomic mass is 32.1. The van der Waals surface area contributed by atoms with Crippen molar-refractivity contribution in [3.63, 3.8) is 0 Å². The van der Waals surface area contributed by atoms with Gasteiger partial charge in [-0.2, -0.15) is 12.6 Å². The fourth-order valence-corrected chi connectivity index (χ4v) is 3.01. The lowest BCUT2D eigenvalue weighted by Gasteiger charge is -2.42. The van der Waals surface area contributed by atoms with E-state index in [0.29, 0.717) is 19.5 Å². The number of nitrogens with zero attached hydrogens (tertiary/aromatic N) is 1. The van der Waals surface area contributed by atoms with Gasteiger partial charge in [0.15, 0.2) is 0 Å². The minimum Gasteiger partial charge on any atom is -0.394 e. The minimum absolute atomic E-state index is 0.0368. The zero-order chi connectivity index (χ0) is 13.4. The Morgan fingerprint density at radius 2 is 2.17 bits per heavy atom. The monoisotopic (exact) mass is 273 g/mol. The number of hydrogen-bond donors (Lipinski definition) is 2. The molecule has 1 heterocycles. The number of hydrogen-bond acceptors (Lipinski definition) is 4. The summed E-state index contributed by atoms with van der Waals surface area (Å²) in [6.07, 6.45) is 2.55. The van der Waals surface area contributed by atoms with E-state index in [4.69, 9.17) is 4.74 Å². The molecule has 1 saturated heterocycles. The van der Waals surface area contributed by atoms with Crippen LogP contribution in [0.3, 0.4) is 0 Å². The molecule has 0 spiro atoms. The second-order valence-electron chi connectivity index (χ2n) is 6.29. The van der Waals surface area contributed by atoms with Gasteiger partial charge in [0.25, 0.3) is 0 Å². The van der Waals surface area contributed by atoms with Crippen molar-refractivity contribution in [3.05, 3.63) is 0 Å². The van der Waals surface area contributed by atoms with E-state index in [9.17, 15) is 9.90 Å². The molecule has 1 saturated carbocycles. The normalized spacial score (nSPS) is 29.1. The van der Waals surface area contributed by atoms with E-state index in [1.54, 1.807) is 0 Å². The van der Waals surface area contributed by atoms with Crippen LogP contribution in [0.2, 0.25) is 0 Å². The summed E-state index contributed by atoms with van der Waals surface area (Å²) < 4.78 is 5.72. The van der Waals surface area contributed by atoms with Crippen molar-refractivity contribution in [1.29, 1.82) is 0 Å². The summed E-state index contributed by atoms with van der Waals surface area (Å²) in [5.41, 5.74) is -0.226. The number of carbonyl (C=O) groups excluding carboxylic acids is 1. The molecule has 18 heavy (non-hydrogen) atoms. The van der Waals surface area contributed by atoms with Crippen LogP contribution in [-0.4, -0.2) is 53.1 Å². The van der Waals surface area contributed by atoms with E-state index in [0.717, 1.165) is 18.6 Å². The first-order valence-electron chi connectivity index (χ1n) is 6.57. The molecular weight excluding hydrogens is 250 g/mol. The molecule has 0 aromatic carbocycles. The standard InChI is InChI=1S/C13H23NO3S/c1-12(2)8-14(6-10(7-15)17-12)11(16)5-13(9-18)3-4-13/h10,15,18H,3-9H2,1-2H3. The topological polar surface area (TPSA) is 49.8 Å². The Bertz CT molecular complexity index is 328. The van der Waals surface area contributed by atoms with E-state index in [-0.39, 0.29) is 29.6 Å². The van der Waals surface area contributed by atoms with Crippen molar-refractivity contribution in [1.82, 2.24) is 4.90 Å². The van der Waals surface area contributed by atoms with Crippen LogP contribution in [0.15, 0.2) is 0 Å². The van der Waals surface area contributed by atoms with Gasteiger partial charge < -0.3 is 14.7 Å². The van der Waals surface area contributed by atoms with Crippen molar-refractivity contribution in [2.75, 3.05) is 25.4 Å². The summed E-state index contributed by atoms with van der Waals surface area (Å²) in [6, 6.07) is 0. The maximum absolute atomic E-state index is 12.3. The van der Waals surface area contributed by atoms with E-state index in [1.807, 2.05) is 18.7 Å². The summed E-state index contributed by atoms with van der Waals surface area (Å²) in [5.74, 6) is 0.965. The summed E-state index contributed by atoms with van der Waals surface area (Å²) in [6.45, 7) is 4.98. The Hall–Kier alpha value is -0.260. The van der Waals surface area contributed by atoms with E-state index >= 15 is 0 Å². The SMILES string of the molecule is CC1(C)CN(C(=O)CC2(CS)CC2)CC(CO)O1. The highest BCUT2D eigenvalue weighted by Crippen LogP contribution is 2.50. The van der Waals surface area contributed by atoms with Crippen LogP contribution < -0.4 is 0 Å². The zero-order valence-corrected chi connectivity index (χ0v) is 12.1. The van der Waals surface area contributed by atoms with Gasteiger partial charge in [0, 0.05) is 19.5 Å². The molecule has 1 aliphatic heterocycles. The highest BCUT2D eigenvalue weighted by Gasteiger charge is 2.45. The Kier molecular flexibility index (Phi) is 3.95.